The van der Waals surface area contributed by atoms with Gasteiger partial charge in [-0.05, 0) is 44.0 Å². The number of hydrogen-bond acceptors (Lipinski definition) is 4. The van der Waals surface area contributed by atoms with E-state index in [0.29, 0.717) is 18.9 Å². The van der Waals surface area contributed by atoms with Gasteiger partial charge in [-0.25, -0.2) is 8.42 Å². The number of hydrogen-bond donors (Lipinski definition) is 1. The van der Waals surface area contributed by atoms with Gasteiger partial charge in [0.05, 0.1) is 18.0 Å². The van der Waals surface area contributed by atoms with Gasteiger partial charge in [-0.2, -0.15) is 4.31 Å². The van der Waals surface area contributed by atoms with Gasteiger partial charge in [0.15, 0.2) is 0 Å². The molecule has 0 saturated heterocycles. The first-order valence-corrected chi connectivity index (χ1v) is 9.73. The predicted octanol–water partition coefficient (Wildman–Crippen LogP) is 2.32. The van der Waals surface area contributed by atoms with Gasteiger partial charge in [-0.3, -0.25) is 4.79 Å². The molecule has 0 aromatic heterocycles. The van der Waals surface area contributed by atoms with E-state index in [0.717, 1.165) is 29.1 Å². The molecule has 0 atom stereocenters. The molecule has 0 aliphatic carbocycles. The van der Waals surface area contributed by atoms with Crippen molar-refractivity contribution in [3.63, 3.8) is 0 Å². The highest BCUT2D eigenvalue weighted by molar-refractivity contribution is 7.89. The Kier molecular flexibility index (Phi) is 8.21. The smallest absolute Gasteiger partial charge is 0.243 e. The highest BCUT2D eigenvalue weighted by Crippen LogP contribution is 2.23. The van der Waals surface area contributed by atoms with E-state index in [9.17, 15) is 13.2 Å². The maximum Gasteiger partial charge on any atom is 0.243 e. The van der Waals surface area contributed by atoms with Crippen LogP contribution in [0.3, 0.4) is 0 Å². The van der Waals surface area contributed by atoms with Crippen molar-refractivity contribution in [1.29, 1.82) is 0 Å². The second-order valence-electron chi connectivity index (χ2n) is 5.68. The van der Waals surface area contributed by atoms with Crippen LogP contribution in [0.15, 0.2) is 23.1 Å². The van der Waals surface area contributed by atoms with E-state index in [1.165, 1.54) is 13.1 Å². The number of ether oxygens (including phenoxy) is 1. The lowest BCUT2D eigenvalue weighted by Crippen LogP contribution is -2.38. The number of benzene rings is 1. The number of nitrogens with zero attached hydrogens (tertiary/aromatic N) is 1. The van der Waals surface area contributed by atoms with Crippen LogP contribution in [0, 0.1) is 6.92 Å². The van der Waals surface area contributed by atoms with Crippen molar-refractivity contribution >= 4 is 15.9 Å². The van der Waals surface area contributed by atoms with Crippen LogP contribution in [0.2, 0.25) is 0 Å². The third-order valence-corrected chi connectivity index (χ3v) is 5.42. The molecule has 24 heavy (non-hydrogen) atoms. The van der Waals surface area contributed by atoms with Gasteiger partial charge in [0, 0.05) is 13.6 Å². The zero-order valence-electron chi connectivity index (χ0n) is 15.0. The van der Waals surface area contributed by atoms with Crippen molar-refractivity contribution < 1.29 is 17.9 Å². The van der Waals surface area contributed by atoms with Gasteiger partial charge in [0.2, 0.25) is 15.9 Å². The van der Waals surface area contributed by atoms with Gasteiger partial charge < -0.3 is 10.1 Å². The number of unbranched alkanes of at least 4 members (excludes halogenated alkanes) is 2. The number of carbonyl (C=O) groups excluding carboxylic acids is 1. The third-order valence-electron chi connectivity index (χ3n) is 3.62. The first-order chi connectivity index (χ1) is 11.3. The fourth-order valence-corrected chi connectivity index (χ4v) is 3.44. The average molecular weight is 356 g/mol. The van der Waals surface area contributed by atoms with Crippen molar-refractivity contribution in [2.45, 2.75) is 44.9 Å². The Balaban J connectivity index is 2.73. The molecule has 1 aromatic rings. The first kappa shape index (κ1) is 20.4. The first-order valence-electron chi connectivity index (χ1n) is 8.29. The number of sulfonamides is 1. The predicted molar refractivity (Wildman–Crippen MR) is 94.7 cm³/mol. The van der Waals surface area contributed by atoms with Crippen LogP contribution < -0.4 is 10.1 Å². The summed E-state index contributed by atoms with van der Waals surface area (Å²) in [6.07, 6.45) is 3.01. The SMILES string of the molecule is CCCCCNC(=O)CN(C)S(=O)(=O)c1ccc(OCC)c(C)c1. The normalized spacial score (nSPS) is 11.5. The summed E-state index contributed by atoms with van der Waals surface area (Å²) in [5, 5.41) is 2.74. The fourth-order valence-electron chi connectivity index (χ4n) is 2.23. The number of amides is 1. The molecule has 1 amide bonds. The summed E-state index contributed by atoms with van der Waals surface area (Å²) < 4.78 is 31.6. The lowest BCUT2D eigenvalue weighted by atomic mass is 10.2. The lowest BCUT2D eigenvalue weighted by molar-refractivity contribution is -0.121. The van der Waals surface area contributed by atoms with E-state index in [2.05, 4.69) is 12.2 Å². The highest BCUT2D eigenvalue weighted by Gasteiger charge is 2.23. The highest BCUT2D eigenvalue weighted by atomic mass is 32.2. The lowest BCUT2D eigenvalue weighted by Gasteiger charge is -2.18. The molecule has 1 aromatic carbocycles. The summed E-state index contributed by atoms with van der Waals surface area (Å²) in [5.41, 5.74) is 0.746. The Morgan fingerprint density at radius 3 is 2.54 bits per heavy atom. The molecule has 0 saturated carbocycles. The van der Waals surface area contributed by atoms with Crippen molar-refractivity contribution in [3.05, 3.63) is 23.8 Å². The summed E-state index contributed by atoms with van der Waals surface area (Å²) in [6, 6.07) is 4.71. The molecule has 0 bridgehead atoms. The number of nitrogens with one attached hydrogen (secondary N) is 1. The molecule has 6 nitrogen and oxygen atoms in total. The Bertz CT molecular complexity index is 644. The molecule has 0 heterocycles. The maximum absolute atomic E-state index is 12.6. The Morgan fingerprint density at radius 1 is 1.25 bits per heavy atom. The van der Waals surface area contributed by atoms with Crippen LogP contribution >= 0.6 is 0 Å². The Labute approximate surface area is 145 Å². The van der Waals surface area contributed by atoms with E-state index in [1.807, 2.05) is 6.92 Å². The molecular formula is C17H28N2O4S. The molecular weight excluding hydrogens is 328 g/mol. The molecule has 7 heteroatoms. The summed E-state index contributed by atoms with van der Waals surface area (Å²) in [5.74, 6) is 0.368. The number of rotatable bonds is 10. The van der Waals surface area contributed by atoms with Gasteiger partial charge in [-0.15, -0.1) is 0 Å². The Morgan fingerprint density at radius 2 is 1.96 bits per heavy atom. The topological polar surface area (TPSA) is 75.7 Å². The van der Waals surface area contributed by atoms with Crippen molar-refractivity contribution in [2.75, 3.05) is 26.7 Å². The maximum atomic E-state index is 12.6. The minimum Gasteiger partial charge on any atom is -0.494 e. The van der Waals surface area contributed by atoms with Crippen molar-refractivity contribution in [3.8, 4) is 5.75 Å². The molecule has 0 spiro atoms. The zero-order valence-corrected chi connectivity index (χ0v) is 15.8. The van der Waals surface area contributed by atoms with Gasteiger partial charge in [-0.1, -0.05) is 19.8 Å². The molecule has 136 valence electrons. The largest absolute Gasteiger partial charge is 0.494 e. The third kappa shape index (κ3) is 5.79. The summed E-state index contributed by atoms with van der Waals surface area (Å²) in [4.78, 5) is 12.0. The molecule has 0 fully saturated rings. The van der Waals surface area contributed by atoms with Crippen LogP contribution in [0.5, 0.6) is 5.75 Å². The Hall–Kier alpha value is -1.60. The van der Waals surface area contributed by atoms with E-state index < -0.39 is 10.0 Å². The molecule has 0 aliphatic heterocycles. The quantitative estimate of drug-likeness (QED) is 0.653. The van der Waals surface area contributed by atoms with E-state index >= 15 is 0 Å². The van der Waals surface area contributed by atoms with Crippen LogP contribution in [0.4, 0.5) is 0 Å². The molecule has 0 unspecified atom stereocenters. The zero-order chi connectivity index (χ0) is 18.2. The van der Waals surface area contributed by atoms with E-state index in [-0.39, 0.29) is 17.3 Å². The second kappa shape index (κ2) is 9.64. The van der Waals surface area contributed by atoms with E-state index in [1.54, 1.807) is 19.1 Å². The average Bonchev–Trinajstić information content (AvgIpc) is 2.53. The van der Waals surface area contributed by atoms with Crippen molar-refractivity contribution in [1.82, 2.24) is 9.62 Å². The van der Waals surface area contributed by atoms with Crippen molar-refractivity contribution in [2.24, 2.45) is 0 Å². The van der Waals surface area contributed by atoms with Gasteiger partial charge in [0.1, 0.15) is 5.75 Å². The molecule has 0 aliphatic rings. The second-order valence-corrected chi connectivity index (χ2v) is 7.72. The monoisotopic (exact) mass is 356 g/mol. The molecule has 1 rings (SSSR count). The van der Waals surface area contributed by atoms with Gasteiger partial charge >= 0.3 is 0 Å². The van der Waals surface area contributed by atoms with Crippen LogP contribution in [0.1, 0.15) is 38.7 Å². The number of carbonyl (C=O) groups is 1. The van der Waals surface area contributed by atoms with Crippen LogP contribution in [-0.2, 0) is 14.8 Å². The molecule has 1 N–H and O–H groups in total. The standard InChI is InChI=1S/C17H28N2O4S/c1-5-7-8-11-18-17(20)13-19(4)24(21,22)15-9-10-16(23-6-2)14(3)12-15/h9-10,12H,5-8,11,13H2,1-4H3,(H,18,20). The minimum atomic E-state index is -3.71. The van der Waals surface area contributed by atoms with Gasteiger partial charge in [0.25, 0.3) is 0 Å². The summed E-state index contributed by atoms with van der Waals surface area (Å²) in [6.45, 7) is 6.65. The molecule has 0 radical (unpaired) electrons. The number of likely N-dealkylation sites (N-methyl/N-ethyl adjacent to an activating group) is 1. The van der Waals surface area contributed by atoms with Crippen LogP contribution in [0.25, 0.3) is 0 Å². The minimum absolute atomic E-state index is 0.157. The van der Waals surface area contributed by atoms with E-state index in [4.69, 9.17) is 4.74 Å². The summed E-state index contributed by atoms with van der Waals surface area (Å²) >= 11 is 0. The fraction of sp³-hybridized carbons (Fsp3) is 0.588. The number of aryl methyl sites for hydroxylation is 1. The van der Waals surface area contributed by atoms with Crippen LogP contribution in [-0.4, -0.2) is 45.4 Å². The summed E-state index contributed by atoms with van der Waals surface area (Å²) in [7, 11) is -2.30.